The molecule has 1 saturated heterocycles. The van der Waals surface area contributed by atoms with Gasteiger partial charge < -0.3 is 4.90 Å². The van der Waals surface area contributed by atoms with Crippen LogP contribution in [0.2, 0.25) is 0 Å². The third-order valence-electron chi connectivity index (χ3n) is 4.59. The van der Waals surface area contributed by atoms with Crippen LogP contribution in [0.4, 0.5) is 5.82 Å². The Morgan fingerprint density at radius 3 is 2.44 bits per heavy atom. The van der Waals surface area contributed by atoms with Crippen molar-refractivity contribution in [3.05, 3.63) is 18.1 Å². The molecule has 0 aromatic carbocycles. The van der Waals surface area contributed by atoms with Crippen molar-refractivity contribution in [2.24, 2.45) is 17.8 Å². The summed E-state index contributed by atoms with van der Waals surface area (Å²) < 4.78 is 0. The Balaban J connectivity index is 1.55. The lowest BCUT2D eigenvalue weighted by molar-refractivity contribution is 0.232. The van der Waals surface area contributed by atoms with Crippen molar-refractivity contribution in [2.75, 3.05) is 11.4 Å². The van der Waals surface area contributed by atoms with Gasteiger partial charge in [-0.3, -0.25) is 0 Å². The van der Waals surface area contributed by atoms with Gasteiger partial charge in [-0.15, -0.1) is 0 Å². The second-order valence-corrected chi connectivity index (χ2v) is 5.85. The zero-order valence-electron chi connectivity index (χ0n) is 10.3. The minimum atomic E-state index is 0.404. The molecule has 2 atom stereocenters. The van der Waals surface area contributed by atoms with E-state index in [-0.39, 0.29) is 0 Å². The fourth-order valence-electron chi connectivity index (χ4n) is 3.32. The molecular formula is C14H16N4. The second kappa shape index (κ2) is 3.68. The molecule has 2 aliphatic carbocycles. The van der Waals surface area contributed by atoms with Gasteiger partial charge in [-0.1, -0.05) is 0 Å². The lowest BCUT2D eigenvalue weighted by Gasteiger charge is -2.50. The molecule has 2 heterocycles. The SMILES string of the molecule is N#Cc1cnc(N2CC(C3CC3)C2C2CC2)cn1. The smallest absolute Gasteiger partial charge is 0.158 e. The highest BCUT2D eigenvalue weighted by atomic mass is 15.3. The van der Waals surface area contributed by atoms with Crippen molar-refractivity contribution in [1.29, 1.82) is 5.26 Å². The molecule has 3 fully saturated rings. The first-order valence-corrected chi connectivity index (χ1v) is 6.85. The fourth-order valence-corrected chi connectivity index (χ4v) is 3.32. The molecular weight excluding hydrogens is 224 g/mol. The number of aromatic nitrogens is 2. The van der Waals surface area contributed by atoms with Crippen LogP contribution in [-0.2, 0) is 0 Å². The number of nitriles is 1. The summed E-state index contributed by atoms with van der Waals surface area (Å²) >= 11 is 0. The molecule has 0 amide bonds. The minimum absolute atomic E-state index is 0.404. The number of hydrogen-bond donors (Lipinski definition) is 0. The van der Waals surface area contributed by atoms with Crippen LogP contribution in [0.3, 0.4) is 0 Å². The van der Waals surface area contributed by atoms with E-state index < -0.39 is 0 Å². The van der Waals surface area contributed by atoms with Crippen LogP contribution in [-0.4, -0.2) is 22.6 Å². The van der Waals surface area contributed by atoms with E-state index in [0.29, 0.717) is 11.7 Å². The average Bonchev–Trinajstić information content (AvgIpc) is 3.22. The Bertz CT molecular complexity index is 496. The van der Waals surface area contributed by atoms with Crippen molar-refractivity contribution in [3.8, 4) is 6.07 Å². The monoisotopic (exact) mass is 240 g/mol. The first-order valence-electron chi connectivity index (χ1n) is 6.85. The zero-order valence-corrected chi connectivity index (χ0v) is 10.3. The first kappa shape index (κ1) is 10.3. The van der Waals surface area contributed by atoms with E-state index in [1.54, 1.807) is 12.4 Å². The van der Waals surface area contributed by atoms with Gasteiger partial charge >= 0.3 is 0 Å². The zero-order chi connectivity index (χ0) is 12.1. The quantitative estimate of drug-likeness (QED) is 0.810. The summed E-state index contributed by atoms with van der Waals surface area (Å²) in [6.07, 6.45) is 8.98. The van der Waals surface area contributed by atoms with Crippen LogP contribution in [0.1, 0.15) is 31.4 Å². The second-order valence-electron chi connectivity index (χ2n) is 5.85. The first-order chi connectivity index (χ1) is 8.86. The number of rotatable bonds is 3. The largest absolute Gasteiger partial charge is 0.351 e. The van der Waals surface area contributed by atoms with Gasteiger partial charge in [-0.2, -0.15) is 5.26 Å². The molecule has 92 valence electrons. The molecule has 0 N–H and O–H groups in total. The van der Waals surface area contributed by atoms with E-state index in [4.69, 9.17) is 5.26 Å². The van der Waals surface area contributed by atoms with Gasteiger partial charge in [0.15, 0.2) is 5.69 Å². The maximum Gasteiger partial charge on any atom is 0.158 e. The molecule has 18 heavy (non-hydrogen) atoms. The van der Waals surface area contributed by atoms with E-state index in [2.05, 4.69) is 14.9 Å². The number of nitrogens with zero attached hydrogens (tertiary/aromatic N) is 4. The van der Waals surface area contributed by atoms with Crippen molar-refractivity contribution in [3.63, 3.8) is 0 Å². The maximum absolute atomic E-state index is 8.75. The van der Waals surface area contributed by atoms with Gasteiger partial charge in [0.05, 0.1) is 12.4 Å². The third-order valence-corrected chi connectivity index (χ3v) is 4.59. The Morgan fingerprint density at radius 1 is 1.11 bits per heavy atom. The Morgan fingerprint density at radius 2 is 1.89 bits per heavy atom. The van der Waals surface area contributed by atoms with E-state index in [0.717, 1.165) is 30.1 Å². The molecule has 2 unspecified atom stereocenters. The van der Waals surface area contributed by atoms with Crippen molar-refractivity contribution in [1.82, 2.24) is 9.97 Å². The van der Waals surface area contributed by atoms with Gasteiger partial charge in [0.2, 0.25) is 0 Å². The lowest BCUT2D eigenvalue weighted by atomic mass is 9.81. The van der Waals surface area contributed by atoms with E-state index in [1.165, 1.54) is 25.7 Å². The Hall–Kier alpha value is -1.63. The molecule has 1 aromatic heterocycles. The van der Waals surface area contributed by atoms with Crippen LogP contribution in [0, 0.1) is 29.1 Å². The molecule has 4 rings (SSSR count). The van der Waals surface area contributed by atoms with Crippen LogP contribution >= 0.6 is 0 Å². The minimum Gasteiger partial charge on any atom is -0.351 e. The third kappa shape index (κ3) is 1.58. The number of hydrogen-bond acceptors (Lipinski definition) is 4. The van der Waals surface area contributed by atoms with Crippen LogP contribution < -0.4 is 4.90 Å². The molecule has 0 radical (unpaired) electrons. The predicted molar refractivity (Wildman–Crippen MR) is 66.8 cm³/mol. The van der Waals surface area contributed by atoms with Crippen LogP contribution in [0.15, 0.2) is 12.4 Å². The van der Waals surface area contributed by atoms with Crippen LogP contribution in [0.5, 0.6) is 0 Å². The van der Waals surface area contributed by atoms with Gasteiger partial charge in [0, 0.05) is 12.6 Å². The Labute approximate surface area is 107 Å². The summed E-state index contributed by atoms with van der Waals surface area (Å²) in [7, 11) is 0. The summed E-state index contributed by atoms with van der Waals surface area (Å²) in [5.74, 6) is 3.73. The molecule has 1 aromatic rings. The topological polar surface area (TPSA) is 52.8 Å². The van der Waals surface area contributed by atoms with E-state index in [1.807, 2.05) is 6.07 Å². The van der Waals surface area contributed by atoms with Crippen LogP contribution in [0.25, 0.3) is 0 Å². The standard InChI is InChI=1S/C14H16N4/c15-5-11-6-17-13(7-16-11)18-8-12(9-1-2-9)14(18)10-3-4-10/h6-7,9-10,12,14H,1-4,8H2. The molecule has 0 spiro atoms. The van der Waals surface area contributed by atoms with Gasteiger partial charge in [-0.25, -0.2) is 9.97 Å². The fraction of sp³-hybridized carbons (Fsp3) is 0.643. The summed E-state index contributed by atoms with van der Waals surface area (Å²) in [6.45, 7) is 1.15. The molecule has 1 aliphatic heterocycles. The summed E-state index contributed by atoms with van der Waals surface area (Å²) in [4.78, 5) is 10.9. The van der Waals surface area contributed by atoms with Gasteiger partial charge in [-0.05, 0) is 43.4 Å². The summed E-state index contributed by atoms with van der Waals surface area (Å²) in [6, 6.07) is 2.73. The maximum atomic E-state index is 8.75. The van der Waals surface area contributed by atoms with E-state index >= 15 is 0 Å². The van der Waals surface area contributed by atoms with Crippen molar-refractivity contribution in [2.45, 2.75) is 31.7 Å². The van der Waals surface area contributed by atoms with Gasteiger partial charge in [0.25, 0.3) is 0 Å². The highest BCUT2D eigenvalue weighted by Gasteiger charge is 2.53. The highest BCUT2D eigenvalue weighted by molar-refractivity contribution is 5.44. The molecule has 4 nitrogen and oxygen atoms in total. The molecule has 0 bridgehead atoms. The average molecular weight is 240 g/mol. The van der Waals surface area contributed by atoms with E-state index in [9.17, 15) is 0 Å². The number of anilines is 1. The Kier molecular flexibility index (Phi) is 2.11. The molecule has 2 saturated carbocycles. The highest BCUT2D eigenvalue weighted by Crippen LogP contribution is 2.53. The van der Waals surface area contributed by atoms with Gasteiger partial charge in [0.1, 0.15) is 11.9 Å². The molecule has 3 aliphatic rings. The predicted octanol–water partition coefficient (Wildman–Crippen LogP) is 1.97. The lowest BCUT2D eigenvalue weighted by Crippen LogP contribution is -2.59. The summed E-state index contributed by atoms with van der Waals surface area (Å²) in [5, 5.41) is 8.75. The normalized spacial score (nSPS) is 30.7. The molecule has 4 heteroatoms. The van der Waals surface area contributed by atoms with Crippen molar-refractivity contribution >= 4 is 5.82 Å². The summed E-state index contributed by atoms with van der Waals surface area (Å²) in [5.41, 5.74) is 0.404. The van der Waals surface area contributed by atoms with Crippen molar-refractivity contribution < 1.29 is 0 Å².